The number of fused-ring (bicyclic) bond motifs is 9. The van der Waals surface area contributed by atoms with Gasteiger partial charge in [0.25, 0.3) is 0 Å². The molecule has 0 fully saturated rings. The molecule has 5 nitrogen and oxygen atoms in total. The Balaban J connectivity index is 1.26. The second kappa shape index (κ2) is 10.0. The van der Waals surface area contributed by atoms with E-state index in [0.29, 0.717) is 17.5 Å². The molecule has 3 heterocycles. The van der Waals surface area contributed by atoms with Crippen molar-refractivity contribution in [1.29, 1.82) is 0 Å². The first-order valence-corrected chi connectivity index (χ1v) is 15.6. The number of rotatable bonds is 3. The Morgan fingerprint density at radius 1 is 0.404 bits per heavy atom. The Kier molecular flexibility index (Phi) is 5.51. The lowest BCUT2D eigenvalue weighted by molar-refractivity contribution is 0.668. The molecule has 10 rings (SSSR count). The molecule has 0 aliphatic rings. The van der Waals surface area contributed by atoms with Crippen LogP contribution < -0.4 is 0 Å². The zero-order valence-electron chi connectivity index (χ0n) is 25.1. The molecular formula is C42H24N4O. The maximum Gasteiger partial charge on any atom is 0.164 e. The van der Waals surface area contributed by atoms with Gasteiger partial charge in [0.1, 0.15) is 11.1 Å². The first-order chi connectivity index (χ1) is 23.3. The van der Waals surface area contributed by atoms with Crippen LogP contribution in [0.15, 0.2) is 150 Å². The van der Waals surface area contributed by atoms with Crippen LogP contribution in [0.5, 0.6) is 0 Å². The number of hydrogen-bond donors (Lipinski definition) is 0. The SMILES string of the molecule is c1ccc2cc(-c3nc(-c4cccc5c4ccc4c6ccccc6ccc54)nc(-c4cccc5oc6cccnc6c45)n3)ccc2c1. The van der Waals surface area contributed by atoms with Crippen molar-refractivity contribution in [1.82, 2.24) is 19.9 Å². The summed E-state index contributed by atoms with van der Waals surface area (Å²) in [5.41, 5.74) is 4.99. The number of aromatic nitrogens is 4. The van der Waals surface area contributed by atoms with Crippen LogP contribution in [0, 0.1) is 0 Å². The third-order valence-corrected chi connectivity index (χ3v) is 9.16. The average molecular weight is 601 g/mol. The van der Waals surface area contributed by atoms with Gasteiger partial charge in [-0.1, -0.05) is 115 Å². The topological polar surface area (TPSA) is 64.7 Å². The molecule has 0 spiro atoms. The van der Waals surface area contributed by atoms with Gasteiger partial charge in [0.15, 0.2) is 23.1 Å². The first kappa shape index (κ1) is 25.8. The standard InChI is InChI=1S/C42H24N4O/c1-2-10-27-24-28(18-17-25(27)8-1)40-44-41(46-42(45-40)35-14-6-15-36-38(35)39-37(47-36)16-7-23-43-39)34-13-5-12-30-32-20-19-26-9-3-4-11-29(26)31(32)21-22-33(30)34/h1-24H. The number of pyridine rings is 1. The van der Waals surface area contributed by atoms with Gasteiger partial charge in [0, 0.05) is 22.9 Å². The summed E-state index contributed by atoms with van der Waals surface area (Å²) in [4.78, 5) is 20.1. The number of nitrogens with zero attached hydrogens (tertiary/aromatic N) is 4. The van der Waals surface area contributed by atoms with Crippen molar-refractivity contribution in [2.75, 3.05) is 0 Å². The summed E-state index contributed by atoms with van der Waals surface area (Å²) in [6, 6.07) is 48.3. The largest absolute Gasteiger partial charge is 0.454 e. The van der Waals surface area contributed by atoms with E-state index >= 15 is 0 Å². The van der Waals surface area contributed by atoms with Gasteiger partial charge >= 0.3 is 0 Å². The molecular weight excluding hydrogens is 576 g/mol. The monoisotopic (exact) mass is 600 g/mol. The zero-order valence-corrected chi connectivity index (χ0v) is 25.1. The molecule has 0 aliphatic carbocycles. The molecule has 7 aromatic carbocycles. The lowest BCUT2D eigenvalue weighted by Gasteiger charge is -2.13. The van der Waals surface area contributed by atoms with Crippen molar-refractivity contribution in [2.45, 2.75) is 0 Å². The molecule has 0 aliphatic heterocycles. The minimum atomic E-state index is 0.570. The van der Waals surface area contributed by atoms with Crippen LogP contribution in [0.4, 0.5) is 0 Å². The van der Waals surface area contributed by atoms with Crippen molar-refractivity contribution in [3.63, 3.8) is 0 Å². The van der Waals surface area contributed by atoms with Crippen LogP contribution >= 0.6 is 0 Å². The average Bonchev–Trinajstić information content (AvgIpc) is 3.53. The summed E-state index contributed by atoms with van der Waals surface area (Å²) in [5, 5.41) is 10.3. The summed E-state index contributed by atoms with van der Waals surface area (Å²) in [6.45, 7) is 0. The lowest BCUT2D eigenvalue weighted by atomic mass is 9.95. The van der Waals surface area contributed by atoms with Gasteiger partial charge in [0.05, 0.1) is 5.39 Å². The van der Waals surface area contributed by atoms with Gasteiger partial charge in [0.2, 0.25) is 0 Å². The minimum Gasteiger partial charge on any atom is -0.454 e. The highest BCUT2D eigenvalue weighted by molar-refractivity contribution is 6.19. The van der Waals surface area contributed by atoms with E-state index < -0.39 is 0 Å². The van der Waals surface area contributed by atoms with Gasteiger partial charge in [-0.3, -0.25) is 4.98 Å². The van der Waals surface area contributed by atoms with E-state index in [-0.39, 0.29) is 0 Å². The summed E-state index contributed by atoms with van der Waals surface area (Å²) >= 11 is 0. The van der Waals surface area contributed by atoms with Gasteiger partial charge < -0.3 is 4.42 Å². The van der Waals surface area contributed by atoms with Crippen LogP contribution in [-0.4, -0.2) is 19.9 Å². The van der Waals surface area contributed by atoms with E-state index in [1.165, 1.54) is 26.9 Å². The Hall–Kier alpha value is -6.46. The quantitative estimate of drug-likeness (QED) is 0.189. The normalized spacial score (nSPS) is 11.8. The van der Waals surface area contributed by atoms with Crippen LogP contribution in [0.25, 0.3) is 99.3 Å². The molecule has 218 valence electrons. The second-order valence-electron chi connectivity index (χ2n) is 11.8. The number of benzene rings is 7. The molecule has 0 atom stereocenters. The molecule has 0 radical (unpaired) electrons. The van der Waals surface area contributed by atoms with E-state index in [9.17, 15) is 0 Å². The predicted octanol–water partition coefficient (Wildman–Crippen LogP) is 10.8. The molecule has 10 aromatic rings. The van der Waals surface area contributed by atoms with Crippen molar-refractivity contribution in [3.05, 3.63) is 146 Å². The Morgan fingerprint density at radius 2 is 1.04 bits per heavy atom. The van der Waals surface area contributed by atoms with E-state index in [1.807, 2.05) is 30.3 Å². The number of hydrogen-bond acceptors (Lipinski definition) is 5. The minimum absolute atomic E-state index is 0.570. The predicted molar refractivity (Wildman–Crippen MR) is 191 cm³/mol. The van der Waals surface area contributed by atoms with Crippen molar-refractivity contribution in [3.8, 4) is 34.2 Å². The third kappa shape index (κ3) is 4.03. The highest BCUT2D eigenvalue weighted by Crippen LogP contribution is 2.38. The van der Waals surface area contributed by atoms with Crippen LogP contribution in [-0.2, 0) is 0 Å². The fourth-order valence-electron chi connectivity index (χ4n) is 6.95. The molecule has 47 heavy (non-hydrogen) atoms. The van der Waals surface area contributed by atoms with E-state index in [0.717, 1.165) is 54.9 Å². The molecule has 0 saturated carbocycles. The van der Waals surface area contributed by atoms with Gasteiger partial charge in [-0.25, -0.2) is 15.0 Å². The molecule has 5 heteroatoms. The fraction of sp³-hybridized carbons (Fsp3) is 0. The fourth-order valence-corrected chi connectivity index (χ4v) is 6.95. The Labute approximate surface area is 268 Å². The Morgan fingerprint density at radius 3 is 1.98 bits per heavy atom. The molecule has 0 N–H and O–H groups in total. The van der Waals surface area contributed by atoms with Crippen molar-refractivity contribution in [2.24, 2.45) is 0 Å². The highest BCUT2D eigenvalue weighted by Gasteiger charge is 2.19. The highest BCUT2D eigenvalue weighted by atomic mass is 16.3. The van der Waals surface area contributed by atoms with Crippen LogP contribution in [0.3, 0.4) is 0 Å². The summed E-state index contributed by atoms with van der Waals surface area (Å²) in [6.07, 6.45) is 1.79. The number of furan rings is 1. The van der Waals surface area contributed by atoms with Crippen LogP contribution in [0.2, 0.25) is 0 Å². The van der Waals surface area contributed by atoms with Gasteiger partial charge in [-0.15, -0.1) is 0 Å². The van der Waals surface area contributed by atoms with Gasteiger partial charge in [-0.05, 0) is 67.4 Å². The smallest absolute Gasteiger partial charge is 0.164 e. The summed E-state index contributed by atoms with van der Waals surface area (Å²) in [5.74, 6) is 1.79. The molecule has 0 unspecified atom stereocenters. The van der Waals surface area contributed by atoms with E-state index in [4.69, 9.17) is 19.4 Å². The van der Waals surface area contributed by atoms with Crippen LogP contribution in [0.1, 0.15) is 0 Å². The van der Waals surface area contributed by atoms with Crippen molar-refractivity contribution < 1.29 is 4.42 Å². The maximum absolute atomic E-state index is 6.19. The molecule has 0 saturated heterocycles. The Bertz CT molecular complexity index is 2870. The molecule has 3 aromatic heterocycles. The molecule has 0 amide bonds. The van der Waals surface area contributed by atoms with Gasteiger partial charge in [-0.2, -0.15) is 0 Å². The van der Waals surface area contributed by atoms with E-state index in [2.05, 4.69) is 114 Å². The van der Waals surface area contributed by atoms with E-state index in [1.54, 1.807) is 6.20 Å². The summed E-state index contributed by atoms with van der Waals surface area (Å²) < 4.78 is 6.19. The third-order valence-electron chi connectivity index (χ3n) is 9.16. The first-order valence-electron chi connectivity index (χ1n) is 15.6. The zero-order chi connectivity index (χ0) is 30.9. The lowest BCUT2D eigenvalue weighted by Crippen LogP contribution is -2.01. The summed E-state index contributed by atoms with van der Waals surface area (Å²) in [7, 11) is 0. The van der Waals surface area contributed by atoms with Crippen molar-refractivity contribution >= 4 is 65.2 Å². The second-order valence-corrected chi connectivity index (χ2v) is 11.8. The maximum atomic E-state index is 6.19. The molecule has 0 bridgehead atoms.